The number of aromatic amines is 2. The lowest BCUT2D eigenvalue weighted by atomic mass is 9.89. The fourth-order valence-corrected chi connectivity index (χ4v) is 5.27. The van der Waals surface area contributed by atoms with E-state index in [9.17, 15) is 0 Å². The summed E-state index contributed by atoms with van der Waals surface area (Å²) in [5.41, 5.74) is 16.8. The number of nitrogens with one attached hydrogen (secondary N) is 3. The predicted molar refractivity (Wildman–Crippen MR) is 146 cm³/mol. The second-order valence-electron chi connectivity index (χ2n) is 10.1. The van der Waals surface area contributed by atoms with Crippen LogP contribution in [0.4, 0.5) is 0 Å². The van der Waals surface area contributed by atoms with Crippen LogP contribution in [0.25, 0.3) is 11.0 Å². The lowest BCUT2D eigenvalue weighted by molar-refractivity contribution is 0.550. The summed E-state index contributed by atoms with van der Waals surface area (Å²) in [5.74, 6) is 1.91. The van der Waals surface area contributed by atoms with E-state index in [-0.39, 0.29) is 6.04 Å². The number of nitrogens with two attached hydrogens (primary N) is 1. The SMILES string of the molecule is Cc1ncc(CNCc2ccc(Cc3nc4c(cc3Cc3nc5ccccc5[nH]3)CCCC4N)cc2)[nH]1. The van der Waals surface area contributed by atoms with Crippen molar-refractivity contribution in [3.8, 4) is 0 Å². The van der Waals surface area contributed by atoms with E-state index < -0.39 is 0 Å². The molecule has 5 N–H and O–H groups in total. The zero-order chi connectivity index (χ0) is 25.2. The predicted octanol–water partition coefficient (Wildman–Crippen LogP) is 4.80. The van der Waals surface area contributed by atoms with Gasteiger partial charge in [0.15, 0.2) is 0 Å². The molecule has 1 unspecified atom stereocenters. The molecule has 3 aromatic heterocycles. The first-order chi connectivity index (χ1) is 18.1. The molecule has 0 saturated carbocycles. The maximum Gasteiger partial charge on any atom is 0.111 e. The van der Waals surface area contributed by atoms with Crippen LogP contribution in [0, 0.1) is 6.92 Å². The number of benzene rings is 2. The van der Waals surface area contributed by atoms with Crippen LogP contribution < -0.4 is 11.1 Å². The minimum absolute atomic E-state index is 0.0230. The molecule has 3 heterocycles. The first-order valence-corrected chi connectivity index (χ1v) is 13.1. The van der Waals surface area contributed by atoms with Gasteiger partial charge in [0.1, 0.15) is 11.6 Å². The minimum Gasteiger partial charge on any atom is -0.345 e. The Bertz CT molecular complexity index is 1480. The molecule has 6 rings (SSSR count). The normalized spacial score (nSPS) is 15.2. The van der Waals surface area contributed by atoms with Crippen LogP contribution in [0.3, 0.4) is 0 Å². The number of imidazole rings is 2. The largest absolute Gasteiger partial charge is 0.345 e. The molecule has 1 aliphatic rings. The van der Waals surface area contributed by atoms with E-state index in [1.165, 1.54) is 22.3 Å². The second-order valence-corrected chi connectivity index (χ2v) is 10.1. The zero-order valence-corrected chi connectivity index (χ0v) is 21.2. The van der Waals surface area contributed by atoms with Crippen molar-refractivity contribution in [1.29, 1.82) is 0 Å². The number of hydrogen-bond acceptors (Lipinski definition) is 5. The third-order valence-electron chi connectivity index (χ3n) is 7.21. The summed E-state index contributed by atoms with van der Waals surface area (Å²) in [7, 11) is 0. The average Bonchev–Trinajstić information content (AvgIpc) is 3.51. The molecule has 0 aliphatic heterocycles. The van der Waals surface area contributed by atoms with Gasteiger partial charge in [0.05, 0.1) is 16.7 Å². The number of H-pyrrole nitrogens is 2. The summed E-state index contributed by atoms with van der Waals surface area (Å²) in [6.45, 7) is 3.55. The first-order valence-electron chi connectivity index (χ1n) is 13.1. The molecule has 0 radical (unpaired) electrons. The first kappa shape index (κ1) is 23.6. The highest BCUT2D eigenvalue weighted by Gasteiger charge is 2.21. The molecule has 188 valence electrons. The molecule has 1 aliphatic carbocycles. The van der Waals surface area contributed by atoms with Gasteiger partial charge in [0.2, 0.25) is 0 Å². The smallest absolute Gasteiger partial charge is 0.111 e. The third-order valence-corrected chi connectivity index (χ3v) is 7.21. The van der Waals surface area contributed by atoms with Gasteiger partial charge < -0.3 is 21.0 Å². The number of nitrogens with zero attached hydrogens (tertiary/aromatic N) is 3. The van der Waals surface area contributed by atoms with E-state index in [0.717, 1.165) is 85.0 Å². The fourth-order valence-electron chi connectivity index (χ4n) is 5.27. The molecule has 0 saturated heterocycles. The number of rotatable bonds is 8. The van der Waals surface area contributed by atoms with Crippen molar-refractivity contribution in [1.82, 2.24) is 30.2 Å². The monoisotopic (exact) mass is 491 g/mol. The molecule has 0 bridgehead atoms. The van der Waals surface area contributed by atoms with Crippen LogP contribution in [0.5, 0.6) is 0 Å². The van der Waals surface area contributed by atoms with Crippen LogP contribution >= 0.6 is 0 Å². The van der Waals surface area contributed by atoms with Crippen LogP contribution in [-0.4, -0.2) is 24.9 Å². The minimum atomic E-state index is 0.0230. The number of fused-ring (bicyclic) bond motifs is 2. The Morgan fingerprint density at radius 2 is 1.81 bits per heavy atom. The molecule has 7 heteroatoms. The van der Waals surface area contributed by atoms with Gasteiger partial charge in [-0.05, 0) is 60.6 Å². The van der Waals surface area contributed by atoms with Crippen molar-refractivity contribution in [2.45, 2.75) is 58.2 Å². The van der Waals surface area contributed by atoms with Gasteiger partial charge in [-0.25, -0.2) is 9.97 Å². The number of pyridine rings is 1. The molecule has 0 amide bonds. The molecule has 1 atom stereocenters. The Morgan fingerprint density at radius 1 is 0.973 bits per heavy atom. The van der Waals surface area contributed by atoms with Gasteiger partial charge in [0, 0.05) is 49.6 Å². The van der Waals surface area contributed by atoms with E-state index in [0.29, 0.717) is 0 Å². The van der Waals surface area contributed by atoms with Gasteiger partial charge in [-0.3, -0.25) is 4.98 Å². The zero-order valence-electron chi connectivity index (χ0n) is 21.2. The lowest BCUT2D eigenvalue weighted by Crippen LogP contribution is -2.21. The standard InChI is InChI=1S/C30H33N7/c1-19-33-18-24(34-19)17-32-16-21-11-9-20(10-12-21)13-28-23(14-22-5-4-6-25(31)30(22)37-28)15-29-35-26-7-2-3-8-27(26)36-29/h2-3,7-12,14,18,25,32H,4-6,13,15-17,31H2,1H3,(H,33,34)(H,35,36). The molecule has 2 aromatic carbocycles. The highest BCUT2D eigenvalue weighted by molar-refractivity contribution is 5.74. The Labute approximate surface area is 217 Å². The van der Waals surface area contributed by atoms with E-state index in [2.05, 4.69) is 56.7 Å². The highest BCUT2D eigenvalue weighted by Crippen LogP contribution is 2.30. The van der Waals surface area contributed by atoms with Gasteiger partial charge in [0.25, 0.3) is 0 Å². The van der Waals surface area contributed by atoms with Gasteiger partial charge in [-0.2, -0.15) is 0 Å². The van der Waals surface area contributed by atoms with E-state index >= 15 is 0 Å². The third kappa shape index (κ3) is 5.33. The average molecular weight is 492 g/mol. The van der Waals surface area contributed by atoms with Crippen molar-refractivity contribution in [2.75, 3.05) is 0 Å². The van der Waals surface area contributed by atoms with Crippen molar-refractivity contribution in [3.63, 3.8) is 0 Å². The van der Waals surface area contributed by atoms with E-state index in [1.807, 2.05) is 31.3 Å². The van der Waals surface area contributed by atoms with E-state index in [4.69, 9.17) is 15.7 Å². The van der Waals surface area contributed by atoms with Crippen molar-refractivity contribution in [3.05, 3.63) is 112 Å². The van der Waals surface area contributed by atoms with Gasteiger partial charge >= 0.3 is 0 Å². The Hall–Kier alpha value is -3.81. The number of aryl methyl sites for hydroxylation is 2. The summed E-state index contributed by atoms with van der Waals surface area (Å²) in [6, 6.07) is 19.4. The molecular weight excluding hydrogens is 458 g/mol. The maximum absolute atomic E-state index is 6.48. The fraction of sp³-hybridized carbons (Fsp3) is 0.300. The Balaban J connectivity index is 1.21. The van der Waals surface area contributed by atoms with Gasteiger partial charge in [-0.1, -0.05) is 42.5 Å². The molecular formula is C30H33N7. The lowest BCUT2D eigenvalue weighted by Gasteiger charge is -2.23. The summed E-state index contributed by atoms with van der Waals surface area (Å²) in [6.07, 6.45) is 6.55. The van der Waals surface area contributed by atoms with Crippen molar-refractivity contribution < 1.29 is 0 Å². The Kier molecular flexibility index (Phi) is 6.55. The second kappa shape index (κ2) is 10.3. The van der Waals surface area contributed by atoms with Crippen LogP contribution in [0.15, 0.2) is 60.8 Å². The summed E-state index contributed by atoms with van der Waals surface area (Å²) >= 11 is 0. The molecule has 0 fully saturated rings. The maximum atomic E-state index is 6.48. The quantitative estimate of drug-likeness (QED) is 0.249. The molecule has 5 aromatic rings. The Morgan fingerprint density at radius 3 is 2.62 bits per heavy atom. The topological polar surface area (TPSA) is 108 Å². The summed E-state index contributed by atoms with van der Waals surface area (Å²) < 4.78 is 0. The number of aromatic nitrogens is 5. The van der Waals surface area contributed by atoms with Crippen LogP contribution in [0.1, 0.15) is 69.9 Å². The highest BCUT2D eigenvalue weighted by atomic mass is 15.0. The molecule has 7 nitrogen and oxygen atoms in total. The van der Waals surface area contributed by atoms with E-state index in [1.54, 1.807) is 0 Å². The summed E-state index contributed by atoms with van der Waals surface area (Å²) in [4.78, 5) is 21.0. The van der Waals surface area contributed by atoms with Crippen molar-refractivity contribution in [2.24, 2.45) is 5.73 Å². The van der Waals surface area contributed by atoms with Gasteiger partial charge in [-0.15, -0.1) is 0 Å². The number of hydrogen-bond donors (Lipinski definition) is 4. The van der Waals surface area contributed by atoms with Crippen LogP contribution in [-0.2, 0) is 32.4 Å². The number of para-hydroxylation sites is 2. The summed E-state index contributed by atoms with van der Waals surface area (Å²) in [5, 5.41) is 3.48. The van der Waals surface area contributed by atoms with Crippen molar-refractivity contribution >= 4 is 11.0 Å². The van der Waals surface area contributed by atoms with Crippen LogP contribution in [0.2, 0.25) is 0 Å². The molecule has 37 heavy (non-hydrogen) atoms. The molecule has 0 spiro atoms.